The van der Waals surface area contributed by atoms with Crippen LogP contribution in [0.15, 0.2) is 0 Å². The predicted octanol–water partition coefficient (Wildman–Crippen LogP) is 1.25. The second kappa shape index (κ2) is 5.60. The molecule has 0 fully saturated rings. The van der Waals surface area contributed by atoms with Gasteiger partial charge in [0.05, 0.1) is 0 Å². The van der Waals surface area contributed by atoms with Crippen molar-refractivity contribution in [2.24, 2.45) is 0 Å². The van der Waals surface area contributed by atoms with Crippen molar-refractivity contribution in [1.82, 2.24) is 0 Å². The molecule has 0 heterocycles. The quantitative estimate of drug-likeness (QED) is 0.485. The minimum absolute atomic E-state index is 1.03. The van der Waals surface area contributed by atoms with Crippen LogP contribution in [0.5, 0.6) is 0 Å². The molecule has 0 aliphatic carbocycles. The van der Waals surface area contributed by atoms with E-state index in [9.17, 15) is 3.08 Å². The zero-order chi connectivity index (χ0) is 4.83. The molecule has 0 bridgehead atoms. The molecule has 1 nitrogen and oxygen atoms in total. The van der Waals surface area contributed by atoms with Gasteiger partial charge in [-0.15, -0.1) is 0 Å². The van der Waals surface area contributed by atoms with Gasteiger partial charge in [0.2, 0.25) is 0 Å². The van der Waals surface area contributed by atoms with E-state index in [1.54, 1.807) is 0 Å². The molecule has 0 radical (unpaired) electrons. The standard InChI is InChI=1S/C4H9.O.Sn/c1-3-4-2;;/h1,3-4H2,2H3;;/q;;+1. The van der Waals surface area contributed by atoms with Gasteiger partial charge in [-0.25, -0.2) is 0 Å². The van der Waals surface area contributed by atoms with Crippen LogP contribution in [0, 0.1) is 0 Å². The molecule has 0 aromatic rings. The summed E-state index contributed by atoms with van der Waals surface area (Å²) < 4.78 is 10.9. The molecule has 0 spiro atoms. The predicted molar refractivity (Wildman–Crippen MR) is 26.2 cm³/mol. The van der Waals surface area contributed by atoms with Crippen LogP contribution >= 0.6 is 0 Å². The summed E-state index contributed by atoms with van der Waals surface area (Å²) in [5.41, 5.74) is 0. The van der Waals surface area contributed by atoms with Crippen LogP contribution in [0.2, 0.25) is 4.44 Å². The van der Waals surface area contributed by atoms with Crippen molar-refractivity contribution in [2.75, 3.05) is 0 Å². The summed E-state index contributed by atoms with van der Waals surface area (Å²) in [6.45, 7) is 2.12. The van der Waals surface area contributed by atoms with Crippen molar-refractivity contribution in [3.8, 4) is 0 Å². The van der Waals surface area contributed by atoms with E-state index in [1.165, 1.54) is 12.8 Å². The molecule has 0 aromatic carbocycles. The van der Waals surface area contributed by atoms with Crippen LogP contribution in [0.4, 0.5) is 0 Å². The molecule has 34 valence electrons. The van der Waals surface area contributed by atoms with E-state index in [0.717, 1.165) is 4.44 Å². The van der Waals surface area contributed by atoms with Gasteiger partial charge in [-0.1, -0.05) is 0 Å². The van der Waals surface area contributed by atoms with Crippen LogP contribution in [0.3, 0.4) is 0 Å². The first-order chi connectivity index (χ1) is 2.91. The molecule has 0 unspecified atom stereocenters. The average molecular weight is 192 g/mol. The Hall–Kier alpha value is 0.599. The fourth-order valence-electron chi connectivity index (χ4n) is 0.249. The van der Waals surface area contributed by atoms with Crippen molar-refractivity contribution in [3.63, 3.8) is 0 Å². The van der Waals surface area contributed by atoms with Crippen LogP contribution < -0.4 is 0 Å². The van der Waals surface area contributed by atoms with Gasteiger partial charge in [-0.05, 0) is 0 Å². The molecule has 0 rings (SSSR count). The molecule has 0 aliphatic heterocycles. The van der Waals surface area contributed by atoms with E-state index in [1.807, 2.05) is 0 Å². The topological polar surface area (TPSA) is 17.1 Å². The second-order valence-corrected chi connectivity index (χ2v) is 3.50. The third kappa shape index (κ3) is 4.60. The average Bonchev–Trinajstić information content (AvgIpc) is 1.61. The van der Waals surface area contributed by atoms with Crippen molar-refractivity contribution in [3.05, 3.63) is 0 Å². The fourth-order valence-corrected chi connectivity index (χ4v) is 1.67. The molecular weight excluding hydrogens is 183 g/mol. The zero-order valence-electron chi connectivity index (χ0n) is 4.03. The number of rotatable bonds is 3. The molecular formula is C4H9OSn+. The van der Waals surface area contributed by atoms with Crippen LogP contribution in [-0.2, 0) is 3.08 Å². The Bertz CT molecular complexity index is 36.5. The first kappa shape index (κ1) is 6.60. The fraction of sp³-hybridized carbons (Fsp3) is 1.00. The number of hydrogen-bond donors (Lipinski definition) is 0. The van der Waals surface area contributed by atoms with Crippen LogP contribution in [0.25, 0.3) is 0 Å². The van der Waals surface area contributed by atoms with Crippen molar-refractivity contribution in [1.29, 1.82) is 0 Å². The van der Waals surface area contributed by atoms with Gasteiger partial charge in [0, 0.05) is 0 Å². The molecule has 0 saturated heterocycles. The molecule has 0 amide bonds. The van der Waals surface area contributed by atoms with Gasteiger partial charge in [-0.3, -0.25) is 0 Å². The summed E-state index contributed by atoms with van der Waals surface area (Å²) in [5, 5.41) is 0. The Morgan fingerprint density at radius 1 is 1.67 bits per heavy atom. The van der Waals surface area contributed by atoms with Crippen LogP contribution in [0.1, 0.15) is 19.8 Å². The summed E-state index contributed by atoms with van der Waals surface area (Å²) in [6.07, 6.45) is 2.37. The number of hydrogen-bond acceptors (Lipinski definition) is 1. The monoisotopic (exact) mass is 193 g/mol. The van der Waals surface area contributed by atoms with E-state index < -0.39 is 21.1 Å². The Kier molecular flexibility index (Phi) is 6.16. The maximum absolute atomic E-state index is 9.86. The van der Waals surface area contributed by atoms with Gasteiger partial charge in [0.25, 0.3) is 0 Å². The Labute approximate surface area is 48.7 Å². The maximum atomic E-state index is 9.86. The molecule has 0 saturated carbocycles. The molecule has 0 N–H and O–H groups in total. The van der Waals surface area contributed by atoms with E-state index in [4.69, 9.17) is 0 Å². The third-order valence-corrected chi connectivity index (χ3v) is 2.22. The molecule has 2 heteroatoms. The molecule has 6 heavy (non-hydrogen) atoms. The van der Waals surface area contributed by atoms with Crippen molar-refractivity contribution >= 4 is 21.1 Å². The van der Waals surface area contributed by atoms with Crippen molar-refractivity contribution in [2.45, 2.75) is 24.2 Å². The number of unbranched alkanes of at least 4 members (excludes halogenated alkanes) is 1. The Morgan fingerprint density at radius 2 is 2.33 bits per heavy atom. The summed E-state index contributed by atoms with van der Waals surface area (Å²) in [4.78, 5) is 0. The molecule has 0 atom stereocenters. The van der Waals surface area contributed by atoms with E-state index in [0.29, 0.717) is 0 Å². The van der Waals surface area contributed by atoms with Crippen molar-refractivity contribution < 1.29 is 3.08 Å². The zero-order valence-corrected chi connectivity index (χ0v) is 6.88. The summed E-state index contributed by atoms with van der Waals surface area (Å²) in [5.74, 6) is 0. The first-order valence-corrected chi connectivity index (χ1v) is 5.45. The van der Waals surface area contributed by atoms with Gasteiger partial charge >= 0.3 is 48.4 Å². The Balaban J connectivity index is 2.49. The van der Waals surface area contributed by atoms with Crippen LogP contribution in [-0.4, -0.2) is 21.1 Å². The summed E-state index contributed by atoms with van der Waals surface area (Å²) in [7, 11) is 0. The molecule has 0 aromatic heterocycles. The summed E-state index contributed by atoms with van der Waals surface area (Å²) >= 11 is -1.06. The van der Waals surface area contributed by atoms with Gasteiger partial charge < -0.3 is 0 Å². The Morgan fingerprint density at radius 3 is 2.50 bits per heavy atom. The second-order valence-electron chi connectivity index (χ2n) is 1.25. The van der Waals surface area contributed by atoms with E-state index in [-0.39, 0.29) is 0 Å². The van der Waals surface area contributed by atoms with E-state index in [2.05, 4.69) is 6.92 Å². The van der Waals surface area contributed by atoms with Gasteiger partial charge in [-0.2, -0.15) is 0 Å². The normalized spacial score (nSPS) is 7.50. The summed E-state index contributed by atoms with van der Waals surface area (Å²) in [6, 6.07) is 0. The van der Waals surface area contributed by atoms with Gasteiger partial charge in [0.1, 0.15) is 0 Å². The minimum atomic E-state index is -1.06. The van der Waals surface area contributed by atoms with Gasteiger partial charge in [0.15, 0.2) is 0 Å². The third-order valence-electron chi connectivity index (χ3n) is 0.632. The molecule has 0 aliphatic rings. The first-order valence-electron chi connectivity index (χ1n) is 2.26. The van der Waals surface area contributed by atoms with E-state index >= 15 is 0 Å². The SMILES string of the molecule is CCC[CH2][Sn+]=[O].